The van der Waals surface area contributed by atoms with Crippen molar-refractivity contribution >= 4 is 22.9 Å². The number of rotatable bonds is 9. The van der Waals surface area contributed by atoms with Gasteiger partial charge in [0.1, 0.15) is 5.52 Å². The van der Waals surface area contributed by atoms with E-state index in [0.717, 1.165) is 44.4 Å². The molecule has 42 heavy (non-hydrogen) atoms. The number of H-pyrrole nitrogens is 1. The predicted molar refractivity (Wildman–Crippen MR) is 149 cm³/mol. The van der Waals surface area contributed by atoms with E-state index in [0.29, 0.717) is 53.5 Å². The number of aromatic amines is 1. The molecule has 2 N–H and O–H groups in total. The van der Waals surface area contributed by atoms with Crippen LogP contribution in [0.2, 0.25) is 0 Å². The van der Waals surface area contributed by atoms with Crippen LogP contribution < -0.4 is 16.0 Å². The molecule has 224 valence electrons. The molecular formula is C28H33F3N8O3. The molecule has 1 atom stereocenters. The molecule has 1 saturated heterocycles. The van der Waals surface area contributed by atoms with E-state index in [-0.39, 0.29) is 24.2 Å². The molecule has 1 aliphatic carbocycles. The molecule has 1 aromatic carbocycles. The lowest BCUT2D eigenvalue weighted by Crippen LogP contribution is -2.32. The monoisotopic (exact) mass is 586 g/mol. The highest BCUT2D eigenvalue weighted by atomic mass is 19.4. The van der Waals surface area contributed by atoms with Gasteiger partial charge in [0, 0.05) is 32.8 Å². The Morgan fingerprint density at radius 2 is 1.86 bits per heavy atom. The Morgan fingerprint density at radius 1 is 1.12 bits per heavy atom. The van der Waals surface area contributed by atoms with Crippen molar-refractivity contribution in [3.8, 4) is 11.6 Å². The van der Waals surface area contributed by atoms with Gasteiger partial charge in [-0.2, -0.15) is 18.2 Å². The summed E-state index contributed by atoms with van der Waals surface area (Å²) in [7, 11) is 1.95. The Hall–Kier alpha value is -3.94. The highest BCUT2D eigenvalue weighted by Crippen LogP contribution is 2.35. The summed E-state index contributed by atoms with van der Waals surface area (Å²) in [6.45, 7) is 4.48. The fraction of sp³-hybridized carbons (Fsp3) is 0.536. The zero-order valence-electron chi connectivity index (χ0n) is 23.4. The fourth-order valence-corrected chi connectivity index (χ4v) is 5.65. The highest BCUT2D eigenvalue weighted by Gasteiger charge is 2.31. The lowest BCUT2D eigenvalue weighted by atomic mass is 9.80. The largest absolute Gasteiger partial charge is 0.439 e. The van der Waals surface area contributed by atoms with Crippen LogP contribution in [0.4, 0.5) is 24.9 Å². The average Bonchev–Trinajstić information content (AvgIpc) is 3.52. The molecule has 0 amide bonds. The van der Waals surface area contributed by atoms with Crippen LogP contribution in [-0.2, 0) is 17.5 Å². The van der Waals surface area contributed by atoms with Crippen molar-refractivity contribution in [3.05, 3.63) is 45.9 Å². The second kappa shape index (κ2) is 11.4. The van der Waals surface area contributed by atoms with Gasteiger partial charge in [-0.05, 0) is 62.1 Å². The Bertz CT molecular complexity index is 1590. The van der Waals surface area contributed by atoms with Crippen LogP contribution >= 0.6 is 0 Å². The maximum Gasteiger partial charge on any atom is 0.439 e. The number of benzene rings is 1. The normalized spacial score (nSPS) is 17.4. The first-order chi connectivity index (χ1) is 20.2. The molecule has 0 bridgehead atoms. The minimum absolute atomic E-state index is 0.0793. The molecule has 4 heterocycles. The quantitative estimate of drug-likeness (QED) is 0.287. The molecule has 6 rings (SSSR count). The molecule has 4 aromatic rings. The zero-order valence-corrected chi connectivity index (χ0v) is 23.4. The number of alkyl halides is 3. The van der Waals surface area contributed by atoms with Gasteiger partial charge in [-0.15, -0.1) is 0 Å². The molecule has 2 fully saturated rings. The van der Waals surface area contributed by atoms with Gasteiger partial charge in [0.25, 0.3) is 0 Å². The summed E-state index contributed by atoms with van der Waals surface area (Å²) in [5, 5.41) is 7.31. The van der Waals surface area contributed by atoms with E-state index in [1.54, 1.807) is 0 Å². The van der Waals surface area contributed by atoms with E-state index in [1.807, 2.05) is 11.6 Å². The minimum Gasteiger partial charge on any atom is -0.381 e. The molecule has 14 heteroatoms. The first-order valence-corrected chi connectivity index (χ1v) is 14.2. The van der Waals surface area contributed by atoms with Crippen molar-refractivity contribution in [2.24, 2.45) is 11.8 Å². The molecule has 2 aliphatic rings. The number of fused-ring (bicyclic) bond motifs is 1. The summed E-state index contributed by atoms with van der Waals surface area (Å²) < 4.78 is 52.0. The van der Waals surface area contributed by atoms with Gasteiger partial charge in [0.2, 0.25) is 17.6 Å². The van der Waals surface area contributed by atoms with E-state index in [9.17, 15) is 18.0 Å². The van der Waals surface area contributed by atoms with Crippen LogP contribution in [0.3, 0.4) is 0 Å². The summed E-state index contributed by atoms with van der Waals surface area (Å²) in [5.41, 5.74) is 0.952. The number of halogens is 3. The van der Waals surface area contributed by atoms with Crippen LogP contribution in [0.25, 0.3) is 22.8 Å². The van der Waals surface area contributed by atoms with E-state index < -0.39 is 17.5 Å². The van der Waals surface area contributed by atoms with E-state index in [4.69, 9.17) is 19.2 Å². The third kappa shape index (κ3) is 5.85. The number of anilines is 2. The summed E-state index contributed by atoms with van der Waals surface area (Å²) in [6, 6.07) is 5.24. The van der Waals surface area contributed by atoms with E-state index in [1.165, 1.54) is 18.6 Å². The lowest BCUT2D eigenvalue weighted by Gasteiger charge is -2.32. The molecule has 0 spiro atoms. The Labute approximate surface area is 239 Å². The second-order valence-electron chi connectivity index (χ2n) is 11.3. The second-order valence-corrected chi connectivity index (χ2v) is 11.3. The Balaban J connectivity index is 1.46. The Morgan fingerprint density at radius 3 is 2.48 bits per heavy atom. The van der Waals surface area contributed by atoms with Crippen molar-refractivity contribution in [2.45, 2.75) is 57.8 Å². The van der Waals surface area contributed by atoms with Crippen molar-refractivity contribution in [3.63, 3.8) is 0 Å². The standard InChI is InChI=1S/C28H33F3N8O3/c1-16(19-4-3-5-19)32-22-21-23(34-24(33-22)25-36-27(40)42-37-25)35-26(38(2)14-18-10-12-41-13-11-18)39(21)15-17-6-8-20(9-7-17)28(29,30)31/h6-9,16,18-19H,3-5,10-15H2,1-2H3,(H,32,33,34)(H,36,37,40)/t16-/m1/s1. The molecule has 0 radical (unpaired) electrons. The van der Waals surface area contributed by atoms with Gasteiger partial charge >= 0.3 is 11.9 Å². The lowest BCUT2D eigenvalue weighted by molar-refractivity contribution is -0.137. The molecule has 3 aromatic heterocycles. The van der Waals surface area contributed by atoms with Crippen LogP contribution in [-0.4, -0.2) is 62.5 Å². The van der Waals surface area contributed by atoms with Crippen LogP contribution in [0.5, 0.6) is 0 Å². The summed E-state index contributed by atoms with van der Waals surface area (Å²) in [5.74, 6) is 1.49. The van der Waals surface area contributed by atoms with Crippen molar-refractivity contribution in [2.75, 3.05) is 37.0 Å². The van der Waals surface area contributed by atoms with Gasteiger partial charge in [-0.3, -0.25) is 9.51 Å². The molecule has 0 unspecified atom stereocenters. The van der Waals surface area contributed by atoms with Crippen LogP contribution in [0.1, 0.15) is 50.2 Å². The number of ether oxygens (including phenoxy) is 1. The van der Waals surface area contributed by atoms with Gasteiger partial charge in [-0.1, -0.05) is 23.7 Å². The predicted octanol–water partition coefficient (Wildman–Crippen LogP) is 4.70. The number of imidazole rings is 1. The van der Waals surface area contributed by atoms with Crippen LogP contribution in [0.15, 0.2) is 33.6 Å². The van der Waals surface area contributed by atoms with Crippen molar-refractivity contribution in [1.82, 2.24) is 29.7 Å². The average molecular weight is 587 g/mol. The third-order valence-corrected chi connectivity index (χ3v) is 8.29. The number of hydrogen-bond acceptors (Lipinski definition) is 9. The molecule has 1 aliphatic heterocycles. The summed E-state index contributed by atoms with van der Waals surface area (Å²) in [6.07, 6.45) is 0.827. The molecule has 11 nitrogen and oxygen atoms in total. The fourth-order valence-electron chi connectivity index (χ4n) is 5.65. The van der Waals surface area contributed by atoms with Crippen LogP contribution in [0, 0.1) is 11.8 Å². The number of aromatic nitrogens is 6. The molecule has 1 saturated carbocycles. The number of hydrogen-bond donors (Lipinski definition) is 2. The minimum atomic E-state index is -4.42. The van der Waals surface area contributed by atoms with Gasteiger partial charge < -0.3 is 19.5 Å². The summed E-state index contributed by atoms with van der Waals surface area (Å²) in [4.78, 5) is 30.5. The number of nitrogens with one attached hydrogen (secondary N) is 2. The summed E-state index contributed by atoms with van der Waals surface area (Å²) >= 11 is 0. The first-order valence-electron chi connectivity index (χ1n) is 14.2. The highest BCUT2D eigenvalue weighted by molar-refractivity contribution is 5.87. The maximum absolute atomic E-state index is 13.3. The Kier molecular flexibility index (Phi) is 7.64. The third-order valence-electron chi connectivity index (χ3n) is 8.29. The van der Waals surface area contributed by atoms with Gasteiger partial charge in [0.05, 0.1) is 12.1 Å². The topological polar surface area (TPSA) is 127 Å². The van der Waals surface area contributed by atoms with Crippen molar-refractivity contribution < 1.29 is 22.4 Å². The smallest absolute Gasteiger partial charge is 0.381 e. The van der Waals surface area contributed by atoms with Gasteiger partial charge in [-0.25, -0.2) is 14.8 Å². The first kappa shape index (κ1) is 28.2. The SMILES string of the molecule is C[C@@H](Nc1nc(-c2noc(=O)[nH]2)nc2nc(N(C)CC3CCOCC3)n(Cc3ccc(C(F)(F)F)cc3)c12)C1CCC1. The number of nitrogens with zero attached hydrogens (tertiary/aromatic N) is 6. The maximum atomic E-state index is 13.3. The van der Waals surface area contributed by atoms with Crippen molar-refractivity contribution in [1.29, 1.82) is 0 Å². The zero-order chi connectivity index (χ0) is 29.4. The van der Waals surface area contributed by atoms with E-state index in [2.05, 4.69) is 32.3 Å². The molecular weight excluding hydrogens is 553 g/mol. The van der Waals surface area contributed by atoms with E-state index >= 15 is 0 Å². The van der Waals surface area contributed by atoms with Gasteiger partial charge in [0.15, 0.2) is 11.5 Å².